The van der Waals surface area contributed by atoms with Gasteiger partial charge in [-0.15, -0.1) is 0 Å². The Morgan fingerprint density at radius 3 is 1.91 bits per heavy atom. The summed E-state index contributed by atoms with van der Waals surface area (Å²) >= 11 is 0. The third-order valence-electron chi connectivity index (χ3n) is 3.92. The van der Waals surface area contributed by atoms with Gasteiger partial charge in [0.15, 0.2) is 5.96 Å². The molecule has 0 N–H and O–H groups in total. The second-order valence-corrected chi connectivity index (χ2v) is 6.16. The summed E-state index contributed by atoms with van der Waals surface area (Å²) in [6.07, 6.45) is -2.50. The Hall–Kier alpha value is -1.72. The van der Waals surface area contributed by atoms with Gasteiger partial charge < -0.3 is 9.80 Å². The number of hydrogen-bond acceptors (Lipinski definition) is 1. The fraction of sp³-hybridized carbons (Fsp3) is 0.562. The molecule has 1 aliphatic rings. The lowest BCUT2D eigenvalue weighted by atomic mass is 9.76. The van der Waals surface area contributed by atoms with E-state index in [0.29, 0.717) is 5.92 Å². The molecule has 0 aliphatic heterocycles. The van der Waals surface area contributed by atoms with Crippen molar-refractivity contribution >= 4 is 5.96 Å². The normalized spacial score (nSPS) is 21.0. The Balaban J connectivity index is 1.98. The van der Waals surface area contributed by atoms with Crippen molar-refractivity contribution in [3.05, 3.63) is 35.4 Å². The van der Waals surface area contributed by atoms with E-state index in [-0.39, 0.29) is 6.04 Å². The zero-order valence-electron chi connectivity index (χ0n) is 13.4. The summed E-state index contributed by atoms with van der Waals surface area (Å²) < 4.78 is 37.6. The van der Waals surface area contributed by atoms with Gasteiger partial charge in [-0.3, -0.25) is 0 Å². The van der Waals surface area contributed by atoms with Gasteiger partial charge in [-0.1, -0.05) is 12.1 Å². The van der Waals surface area contributed by atoms with Crippen molar-refractivity contribution in [2.75, 3.05) is 28.2 Å². The monoisotopic (exact) mass is 313 g/mol. The van der Waals surface area contributed by atoms with Crippen LogP contribution in [0.2, 0.25) is 0 Å². The third kappa shape index (κ3) is 3.72. The number of rotatable bonds is 2. The molecular formula is C16H22F3N3. The lowest BCUT2D eigenvalue weighted by Gasteiger charge is -2.35. The highest BCUT2D eigenvalue weighted by Crippen LogP contribution is 2.40. The van der Waals surface area contributed by atoms with Gasteiger partial charge in [-0.2, -0.15) is 13.2 Å². The standard InChI is InChI=1S/C16H22F3N3/c1-21(2)15(22(3)4)20-14-9-12(10-14)11-5-7-13(8-6-11)16(17,18)19/h5-8,12,14H,9-10H2,1-4H3. The Labute approximate surface area is 129 Å². The van der Waals surface area contributed by atoms with Crippen LogP contribution in [-0.4, -0.2) is 50.0 Å². The van der Waals surface area contributed by atoms with Crippen molar-refractivity contribution in [2.24, 2.45) is 4.99 Å². The first-order chi connectivity index (χ1) is 10.2. The Kier molecular flexibility index (Phi) is 4.68. The molecule has 1 saturated carbocycles. The van der Waals surface area contributed by atoms with E-state index in [9.17, 15) is 13.2 Å². The molecule has 0 heterocycles. The number of benzene rings is 1. The van der Waals surface area contributed by atoms with Crippen LogP contribution in [0, 0.1) is 0 Å². The highest BCUT2D eigenvalue weighted by atomic mass is 19.4. The molecular weight excluding hydrogens is 291 g/mol. The fourth-order valence-corrected chi connectivity index (χ4v) is 2.70. The van der Waals surface area contributed by atoms with Crippen molar-refractivity contribution < 1.29 is 13.2 Å². The van der Waals surface area contributed by atoms with E-state index in [2.05, 4.69) is 0 Å². The lowest BCUT2D eigenvalue weighted by molar-refractivity contribution is -0.137. The summed E-state index contributed by atoms with van der Waals surface area (Å²) in [5.74, 6) is 1.22. The molecule has 0 aromatic heterocycles. The molecule has 0 bridgehead atoms. The van der Waals surface area contributed by atoms with E-state index in [0.717, 1.165) is 36.5 Å². The largest absolute Gasteiger partial charge is 0.416 e. The van der Waals surface area contributed by atoms with Gasteiger partial charge in [-0.05, 0) is 36.5 Å². The van der Waals surface area contributed by atoms with Crippen molar-refractivity contribution in [1.82, 2.24) is 9.80 Å². The number of guanidine groups is 1. The Morgan fingerprint density at radius 2 is 1.50 bits per heavy atom. The first kappa shape index (κ1) is 16.6. The summed E-state index contributed by atoms with van der Waals surface area (Å²) in [6.45, 7) is 0. The summed E-state index contributed by atoms with van der Waals surface area (Å²) in [6, 6.07) is 5.75. The van der Waals surface area contributed by atoms with Crippen LogP contribution in [0.5, 0.6) is 0 Å². The third-order valence-corrected chi connectivity index (χ3v) is 3.92. The minimum Gasteiger partial charge on any atom is -0.349 e. The lowest BCUT2D eigenvalue weighted by Crippen LogP contribution is -2.38. The molecule has 122 valence electrons. The van der Waals surface area contributed by atoms with Crippen LogP contribution < -0.4 is 0 Å². The average molecular weight is 313 g/mol. The number of nitrogens with zero attached hydrogens (tertiary/aromatic N) is 3. The van der Waals surface area contributed by atoms with E-state index in [1.807, 2.05) is 38.0 Å². The molecule has 6 heteroatoms. The van der Waals surface area contributed by atoms with E-state index < -0.39 is 11.7 Å². The van der Waals surface area contributed by atoms with Crippen LogP contribution in [0.25, 0.3) is 0 Å². The van der Waals surface area contributed by atoms with E-state index >= 15 is 0 Å². The number of aliphatic imine (C=N–C) groups is 1. The van der Waals surface area contributed by atoms with Gasteiger partial charge in [0.05, 0.1) is 11.6 Å². The summed E-state index contributed by atoms with van der Waals surface area (Å²) in [5.41, 5.74) is 0.378. The summed E-state index contributed by atoms with van der Waals surface area (Å²) in [5, 5.41) is 0. The van der Waals surface area contributed by atoms with Gasteiger partial charge in [-0.25, -0.2) is 4.99 Å². The SMILES string of the molecule is CN(C)C(=NC1CC(c2ccc(C(F)(F)F)cc2)C1)N(C)C. The predicted octanol–water partition coefficient (Wildman–Crippen LogP) is 3.43. The molecule has 2 rings (SSSR count). The van der Waals surface area contributed by atoms with Crippen LogP contribution in [0.15, 0.2) is 29.3 Å². The van der Waals surface area contributed by atoms with Crippen LogP contribution >= 0.6 is 0 Å². The zero-order valence-corrected chi connectivity index (χ0v) is 13.4. The molecule has 0 atom stereocenters. The zero-order chi connectivity index (χ0) is 16.5. The van der Waals surface area contributed by atoms with E-state index in [1.54, 1.807) is 12.1 Å². The second kappa shape index (κ2) is 6.18. The molecule has 0 amide bonds. The molecule has 1 aliphatic carbocycles. The molecule has 1 aromatic rings. The fourth-order valence-electron chi connectivity index (χ4n) is 2.70. The topological polar surface area (TPSA) is 18.8 Å². The Bertz CT molecular complexity index is 517. The van der Waals surface area contributed by atoms with Gasteiger partial charge in [0.2, 0.25) is 0 Å². The molecule has 0 spiro atoms. The van der Waals surface area contributed by atoms with Gasteiger partial charge >= 0.3 is 6.18 Å². The van der Waals surface area contributed by atoms with Crippen LogP contribution in [0.4, 0.5) is 13.2 Å². The maximum absolute atomic E-state index is 12.5. The van der Waals surface area contributed by atoms with Crippen molar-refractivity contribution in [1.29, 1.82) is 0 Å². The quantitative estimate of drug-likeness (QED) is 0.615. The first-order valence-corrected chi connectivity index (χ1v) is 7.28. The van der Waals surface area contributed by atoms with E-state index in [1.165, 1.54) is 0 Å². The maximum atomic E-state index is 12.5. The Morgan fingerprint density at radius 1 is 1.00 bits per heavy atom. The van der Waals surface area contributed by atoms with Crippen molar-refractivity contribution in [3.63, 3.8) is 0 Å². The molecule has 1 aromatic carbocycles. The summed E-state index contributed by atoms with van der Waals surface area (Å²) in [7, 11) is 7.80. The number of alkyl halides is 3. The molecule has 3 nitrogen and oxygen atoms in total. The first-order valence-electron chi connectivity index (χ1n) is 7.28. The van der Waals surface area contributed by atoms with Crippen molar-refractivity contribution in [2.45, 2.75) is 31.0 Å². The van der Waals surface area contributed by atoms with Crippen LogP contribution in [-0.2, 0) is 6.18 Å². The predicted molar refractivity (Wildman–Crippen MR) is 82.0 cm³/mol. The van der Waals surface area contributed by atoms with Crippen molar-refractivity contribution in [3.8, 4) is 0 Å². The second-order valence-electron chi connectivity index (χ2n) is 6.16. The maximum Gasteiger partial charge on any atom is 0.416 e. The minimum atomic E-state index is -4.27. The van der Waals surface area contributed by atoms with E-state index in [4.69, 9.17) is 4.99 Å². The number of halogens is 3. The van der Waals surface area contributed by atoms with Crippen LogP contribution in [0.1, 0.15) is 29.9 Å². The molecule has 0 saturated heterocycles. The molecule has 22 heavy (non-hydrogen) atoms. The molecule has 0 radical (unpaired) electrons. The van der Waals surface area contributed by atoms with Gasteiger partial charge in [0, 0.05) is 28.2 Å². The smallest absolute Gasteiger partial charge is 0.349 e. The van der Waals surface area contributed by atoms with Crippen LogP contribution in [0.3, 0.4) is 0 Å². The average Bonchev–Trinajstić information content (AvgIpc) is 2.35. The summed E-state index contributed by atoms with van der Waals surface area (Å²) in [4.78, 5) is 8.63. The molecule has 0 unspecified atom stereocenters. The molecule has 1 fully saturated rings. The minimum absolute atomic E-state index is 0.243. The highest BCUT2D eigenvalue weighted by molar-refractivity contribution is 5.79. The highest BCUT2D eigenvalue weighted by Gasteiger charge is 2.33. The van der Waals surface area contributed by atoms with Gasteiger partial charge in [0.25, 0.3) is 0 Å². The van der Waals surface area contributed by atoms with Gasteiger partial charge in [0.1, 0.15) is 0 Å². The number of hydrogen-bond donors (Lipinski definition) is 0.